The van der Waals surface area contributed by atoms with Gasteiger partial charge in [-0.1, -0.05) is 47.5 Å². The first-order valence-corrected chi connectivity index (χ1v) is 11.4. The second-order valence-electron chi connectivity index (χ2n) is 11.2. The molecule has 0 bridgehead atoms. The Morgan fingerprint density at radius 3 is 2.00 bits per heavy atom. The summed E-state index contributed by atoms with van der Waals surface area (Å²) in [7, 11) is 0. The second-order valence-corrected chi connectivity index (χ2v) is 11.2. The van der Waals surface area contributed by atoms with E-state index >= 15 is 0 Å². The lowest BCUT2D eigenvalue weighted by Gasteiger charge is -2.72. The summed E-state index contributed by atoms with van der Waals surface area (Å²) in [6.07, 6.45) is 15.5. The Balaban J connectivity index is 1.35. The zero-order chi connectivity index (χ0) is 17.1. The Labute approximate surface area is 151 Å². The predicted molar refractivity (Wildman–Crippen MR) is 104 cm³/mol. The van der Waals surface area contributed by atoms with Gasteiger partial charge < -0.3 is 0 Å². The zero-order valence-corrected chi connectivity index (χ0v) is 17.1. The van der Waals surface area contributed by atoms with Gasteiger partial charge in [-0.2, -0.15) is 0 Å². The van der Waals surface area contributed by atoms with Gasteiger partial charge >= 0.3 is 0 Å². The van der Waals surface area contributed by atoms with Crippen molar-refractivity contribution in [3.8, 4) is 0 Å². The molecule has 4 aliphatic carbocycles. The molecular weight excluding hydrogens is 288 g/mol. The van der Waals surface area contributed by atoms with Crippen molar-refractivity contribution >= 4 is 0 Å². The lowest BCUT2D eigenvalue weighted by atomic mass is 9.32. The van der Waals surface area contributed by atoms with E-state index in [2.05, 4.69) is 34.6 Å². The van der Waals surface area contributed by atoms with E-state index in [0.29, 0.717) is 0 Å². The van der Waals surface area contributed by atoms with E-state index in [0.717, 1.165) is 52.3 Å². The summed E-state index contributed by atoms with van der Waals surface area (Å²) in [4.78, 5) is 0. The van der Waals surface area contributed by atoms with Crippen molar-refractivity contribution in [1.29, 1.82) is 0 Å². The van der Waals surface area contributed by atoms with Crippen LogP contribution in [0, 0.1) is 52.3 Å². The van der Waals surface area contributed by atoms with Crippen LogP contribution in [0.3, 0.4) is 0 Å². The van der Waals surface area contributed by atoms with Gasteiger partial charge in [0.15, 0.2) is 0 Å². The predicted octanol–water partition coefficient (Wildman–Crippen LogP) is 7.33. The molecule has 4 rings (SSSR count). The first kappa shape index (κ1) is 17.4. The summed E-state index contributed by atoms with van der Waals surface area (Å²) in [5.41, 5.74) is 1.66. The molecule has 138 valence electrons. The fraction of sp³-hybridized carbons (Fsp3) is 1.00. The van der Waals surface area contributed by atoms with Crippen LogP contribution in [0.4, 0.5) is 0 Å². The van der Waals surface area contributed by atoms with Gasteiger partial charge in [0, 0.05) is 0 Å². The quantitative estimate of drug-likeness (QED) is 0.478. The van der Waals surface area contributed by atoms with Gasteiger partial charge in [0.2, 0.25) is 0 Å². The van der Waals surface area contributed by atoms with Gasteiger partial charge in [0.05, 0.1) is 0 Å². The molecule has 0 heterocycles. The molecule has 4 aliphatic rings. The lowest BCUT2D eigenvalue weighted by molar-refractivity contribution is -0.235. The smallest absolute Gasteiger partial charge is 0.0230 e. The molecule has 0 aromatic rings. The van der Waals surface area contributed by atoms with Gasteiger partial charge in [0.25, 0.3) is 0 Å². The van der Waals surface area contributed by atoms with E-state index in [4.69, 9.17) is 0 Å². The largest absolute Gasteiger partial charge is 0.0654 e. The average molecular weight is 331 g/mol. The highest BCUT2D eigenvalue weighted by Crippen LogP contribution is 2.75. The Hall–Kier alpha value is 0. The van der Waals surface area contributed by atoms with Gasteiger partial charge in [0.1, 0.15) is 0 Å². The van der Waals surface area contributed by atoms with E-state index < -0.39 is 0 Å². The monoisotopic (exact) mass is 330 g/mol. The molecule has 0 amide bonds. The molecule has 0 saturated heterocycles. The molecule has 0 aromatic heterocycles. The van der Waals surface area contributed by atoms with Crippen LogP contribution in [0.15, 0.2) is 0 Å². The first-order chi connectivity index (χ1) is 11.4. The van der Waals surface area contributed by atoms with Crippen molar-refractivity contribution in [2.45, 2.75) is 98.8 Å². The van der Waals surface area contributed by atoms with Crippen LogP contribution in [-0.2, 0) is 0 Å². The van der Waals surface area contributed by atoms with E-state index in [1.54, 1.807) is 38.5 Å². The summed E-state index contributed by atoms with van der Waals surface area (Å²) in [5, 5.41) is 0. The van der Waals surface area contributed by atoms with Crippen molar-refractivity contribution in [3.05, 3.63) is 0 Å². The van der Waals surface area contributed by atoms with E-state index in [9.17, 15) is 0 Å². The highest BCUT2D eigenvalue weighted by molar-refractivity contribution is 5.16. The minimum absolute atomic E-state index is 0.818. The van der Waals surface area contributed by atoms with Crippen LogP contribution in [0.25, 0.3) is 0 Å². The van der Waals surface area contributed by atoms with Gasteiger partial charge in [-0.05, 0) is 104 Å². The molecule has 2 spiro atoms. The van der Waals surface area contributed by atoms with E-state index in [1.165, 1.54) is 25.7 Å². The Bertz CT molecular complexity index is 449. The number of rotatable bonds is 6. The second kappa shape index (κ2) is 6.02. The minimum atomic E-state index is 0.818. The van der Waals surface area contributed by atoms with Crippen molar-refractivity contribution in [3.63, 3.8) is 0 Å². The molecule has 0 radical (unpaired) electrons. The molecule has 24 heavy (non-hydrogen) atoms. The molecule has 0 heteroatoms. The normalized spacial score (nSPS) is 52.8. The first-order valence-electron chi connectivity index (χ1n) is 11.4. The summed E-state index contributed by atoms with van der Waals surface area (Å²) < 4.78 is 0. The van der Waals surface area contributed by atoms with Crippen LogP contribution >= 0.6 is 0 Å². The summed E-state index contributed by atoms with van der Waals surface area (Å²) in [6.45, 7) is 12.3. The third-order valence-electron chi connectivity index (χ3n) is 9.53. The zero-order valence-electron chi connectivity index (χ0n) is 17.1. The Morgan fingerprint density at radius 2 is 1.46 bits per heavy atom. The number of hydrogen-bond acceptors (Lipinski definition) is 0. The molecule has 0 aliphatic heterocycles. The highest BCUT2D eigenvalue weighted by atomic mass is 14.7. The average Bonchev–Trinajstić information content (AvgIpc) is 2.44. The van der Waals surface area contributed by atoms with Crippen LogP contribution in [0.1, 0.15) is 98.8 Å². The van der Waals surface area contributed by atoms with Crippen molar-refractivity contribution in [2.24, 2.45) is 52.3 Å². The summed E-state index contributed by atoms with van der Waals surface area (Å²) in [6, 6.07) is 0. The fourth-order valence-corrected chi connectivity index (χ4v) is 8.36. The Kier molecular flexibility index (Phi) is 4.37. The minimum Gasteiger partial charge on any atom is -0.0654 e. The SMILES string of the molecule is CCCC1C(C)CC12CC(C1CC3(CC(C(C)C)C3)C1)C2CCC. The lowest BCUT2D eigenvalue weighted by Crippen LogP contribution is -2.65. The molecule has 0 nitrogen and oxygen atoms in total. The summed E-state index contributed by atoms with van der Waals surface area (Å²) in [5.74, 6) is 7.46. The molecule has 5 atom stereocenters. The maximum absolute atomic E-state index is 2.54. The fourth-order valence-electron chi connectivity index (χ4n) is 8.36. The van der Waals surface area contributed by atoms with Crippen LogP contribution < -0.4 is 0 Å². The van der Waals surface area contributed by atoms with E-state index in [1.807, 2.05) is 0 Å². The van der Waals surface area contributed by atoms with Gasteiger partial charge in [-0.3, -0.25) is 0 Å². The maximum atomic E-state index is 2.54. The van der Waals surface area contributed by atoms with Gasteiger partial charge in [-0.25, -0.2) is 0 Å². The standard InChI is InChI=1S/C24H42/c1-6-8-21-17(5)10-24(21)15-20(22(24)9-7-2)19-13-23(14-19)11-18(12-23)16(3)4/h16-22H,6-15H2,1-5H3. The van der Waals surface area contributed by atoms with Crippen LogP contribution in [0.5, 0.6) is 0 Å². The van der Waals surface area contributed by atoms with Crippen LogP contribution in [0.2, 0.25) is 0 Å². The maximum Gasteiger partial charge on any atom is -0.0230 e. The molecular formula is C24H42. The van der Waals surface area contributed by atoms with E-state index in [-0.39, 0.29) is 0 Å². The third-order valence-corrected chi connectivity index (χ3v) is 9.53. The van der Waals surface area contributed by atoms with Gasteiger partial charge in [-0.15, -0.1) is 0 Å². The van der Waals surface area contributed by atoms with Crippen molar-refractivity contribution in [1.82, 2.24) is 0 Å². The number of hydrogen-bond donors (Lipinski definition) is 0. The molecule has 0 N–H and O–H groups in total. The summed E-state index contributed by atoms with van der Waals surface area (Å²) >= 11 is 0. The third kappa shape index (κ3) is 2.37. The molecule has 4 saturated carbocycles. The molecule has 5 unspecified atom stereocenters. The van der Waals surface area contributed by atoms with Crippen molar-refractivity contribution in [2.75, 3.05) is 0 Å². The molecule has 0 aromatic carbocycles. The Morgan fingerprint density at radius 1 is 0.833 bits per heavy atom. The molecule has 4 fully saturated rings. The van der Waals surface area contributed by atoms with Crippen molar-refractivity contribution < 1.29 is 0 Å². The van der Waals surface area contributed by atoms with Crippen LogP contribution in [-0.4, -0.2) is 0 Å². The topological polar surface area (TPSA) is 0 Å². The highest BCUT2D eigenvalue weighted by Gasteiger charge is 2.67.